The lowest BCUT2D eigenvalue weighted by molar-refractivity contribution is -0.136. The maximum atomic E-state index is 10.1. The number of carbonyl (C=O) groups is 4. The van der Waals surface area contributed by atoms with Gasteiger partial charge in [-0.2, -0.15) is 0 Å². The molecule has 1 rings (SSSR count). The van der Waals surface area contributed by atoms with E-state index in [4.69, 9.17) is 15.3 Å². The fourth-order valence-electron chi connectivity index (χ4n) is 1.08. The van der Waals surface area contributed by atoms with Gasteiger partial charge in [0.2, 0.25) is 11.8 Å². The second-order valence-electron chi connectivity index (χ2n) is 5.42. The lowest BCUT2D eigenvalue weighted by Crippen LogP contribution is -2.04. The molecule has 0 radical (unpaired) electrons. The molecular weight excluding hydrogens is 428 g/mol. The minimum Gasteiger partial charge on any atom is -0.481 e. The Bertz CT molecular complexity index is 752. The number of hydrogen-bond acceptors (Lipinski definition) is 5. The molecule has 0 spiro atoms. The molecule has 0 aliphatic heterocycles. The van der Waals surface area contributed by atoms with Gasteiger partial charge < -0.3 is 26.8 Å². The highest BCUT2D eigenvalue weighted by molar-refractivity contribution is 5.86. The Morgan fingerprint density at radius 1 is 0.909 bits per heavy atom. The third-order valence-electron chi connectivity index (χ3n) is 2.67. The fourth-order valence-corrected chi connectivity index (χ4v) is 1.08. The van der Waals surface area contributed by atoms with E-state index in [0.29, 0.717) is 6.42 Å². The van der Waals surface area contributed by atoms with E-state index in [-0.39, 0.29) is 18.6 Å². The van der Waals surface area contributed by atoms with Crippen LogP contribution in [0.5, 0.6) is 0 Å². The minimum atomic E-state index is -0.927. The number of aliphatic hydroxyl groups excluding tert-OH is 1. The largest absolute Gasteiger partial charge is 0.481 e. The summed E-state index contributed by atoms with van der Waals surface area (Å²) in [7, 11) is 0. The number of amides is 2. The van der Waals surface area contributed by atoms with E-state index in [2.05, 4.69) is 37.8 Å². The Morgan fingerprint density at radius 2 is 1.33 bits per heavy atom. The number of carbonyl (C=O) groups excluding carboxylic acids is 2. The van der Waals surface area contributed by atoms with E-state index in [0.717, 1.165) is 12.2 Å². The van der Waals surface area contributed by atoms with E-state index >= 15 is 0 Å². The van der Waals surface area contributed by atoms with Gasteiger partial charge in [0.25, 0.3) is 0 Å². The molecule has 0 saturated heterocycles. The van der Waals surface area contributed by atoms with E-state index in [1.54, 1.807) is 0 Å². The smallest absolute Gasteiger partial charge is 0.330 e. The standard InChI is InChI=1S/C8H8.C6H10O3.C4H6O2.2C3H5NO/c1-2-8-6-4-3-5-7-8;1-5(6(8)9)3-2-4-7;1-2-3-4(5)6;2*1-2-3(4)5/h2-7H,1H2;3,7H,2,4H2,1H3,(H,8,9);2H,1,3H2,(H,5,6);2*2H,1H2,(H2,4,5). The summed E-state index contributed by atoms with van der Waals surface area (Å²) in [6.45, 7) is 14.5. The van der Waals surface area contributed by atoms with Gasteiger partial charge in [0, 0.05) is 12.2 Å². The predicted octanol–water partition coefficient (Wildman–Crippen LogP) is 2.69. The zero-order chi connectivity index (χ0) is 26.7. The third-order valence-corrected chi connectivity index (χ3v) is 2.67. The highest BCUT2D eigenvalue weighted by Crippen LogP contribution is 1.97. The van der Waals surface area contributed by atoms with Crippen LogP contribution in [0.25, 0.3) is 6.08 Å². The SMILES string of the molecule is C=CC(N)=O.C=CC(N)=O.C=CCC(=O)O.C=Cc1ccccc1.CC(=CCCO)C(=O)O. The van der Waals surface area contributed by atoms with Crippen molar-refractivity contribution >= 4 is 29.8 Å². The highest BCUT2D eigenvalue weighted by atomic mass is 16.4. The number of aliphatic carboxylic acids is 2. The molecule has 9 heteroatoms. The van der Waals surface area contributed by atoms with Crippen molar-refractivity contribution in [3.8, 4) is 0 Å². The van der Waals surface area contributed by atoms with Gasteiger partial charge in [-0.05, 0) is 31.1 Å². The summed E-state index contributed by atoms with van der Waals surface area (Å²) in [4.78, 5) is 38.5. The third kappa shape index (κ3) is 42.7. The molecule has 33 heavy (non-hydrogen) atoms. The molecule has 2 amide bonds. The fraction of sp³-hybridized carbons (Fsp3) is 0.167. The minimum absolute atomic E-state index is 0.00458. The van der Waals surface area contributed by atoms with Gasteiger partial charge in [0.15, 0.2) is 0 Å². The van der Waals surface area contributed by atoms with Crippen LogP contribution < -0.4 is 11.5 Å². The highest BCUT2D eigenvalue weighted by Gasteiger charge is 1.96. The molecule has 0 aliphatic carbocycles. The summed E-state index contributed by atoms with van der Waals surface area (Å²) in [5.41, 5.74) is 10.5. The molecule has 0 atom stereocenters. The van der Waals surface area contributed by atoms with Crippen molar-refractivity contribution in [1.82, 2.24) is 0 Å². The van der Waals surface area contributed by atoms with Crippen molar-refractivity contribution in [2.24, 2.45) is 11.5 Å². The first kappa shape index (κ1) is 36.2. The Balaban J connectivity index is -0.000000163. The van der Waals surface area contributed by atoms with Crippen LogP contribution >= 0.6 is 0 Å². The molecule has 1 aromatic carbocycles. The van der Waals surface area contributed by atoms with Gasteiger partial charge >= 0.3 is 11.9 Å². The molecule has 0 fully saturated rings. The van der Waals surface area contributed by atoms with E-state index in [1.165, 1.54) is 24.6 Å². The average Bonchev–Trinajstić information content (AvgIpc) is 2.79. The number of rotatable bonds is 8. The first-order valence-electron chi connectivity index (χ1n) is 9.28. The Labute approximate surface area is 194 Å². The van der Waals surface area contributed by atoms with Crippen LogP contribution in [-0.2, 0) is 19.2 Å². The first-order chi connectivity index (χ1) is 15.4. The van der Waals surface area contributed by atoms with Crippen molar-refractivity contribution in [3.05, 3.63) is 92.1 Å². The van der Waals surface area contributed by atoms with Crippen molar-refractivity contribution in [1.29, 1.82) is 0 Å². The molecule has 0 heterocycles. The van der Waals surface area contributed by atoms with Crippen molar-refractivity contribution < 1.29 is 34.5 Å². The normalized spacial score (nSPS) is 8.48. The summed E-state index contributed by atoms with van der Waals surface area (Å²) in [5, 5.41) is 24.4. The molecule has 0 unspecified atom stereocenters. The van der Waals surface area contributed by atoms with Gasteiger partial charge in [0.05, 0.1) is 6.42 Å². The van der Waals surface area contributed by atoms with Crippen LogP contribution in [0.2, 0.25) is 0 Å². The van der Waals surface area contributed by atoms with Crippen molar-refractivity contribution in [2.75, 3.05) is 6.61 Å². The zero-order valence-corrected chi connectivity index (χ0v) is 18.9. The molecule has 0 saturated carbocycles. The maximum absolute atomic E-state index is 10.1. The van der Waals surface area contributed by atoms with Crippen LogP contribution in [0.4, 0.5) is 0 Å². The first-order valence-corrected chi connectivity index (χ1v) is 9.28. The van der Waals surface area contributed by atoms with Gasteiger partial charge in [-0.1, -0.05) is 68.3 Å². The number of carboxylic acid groups (broad SMARTS) is 2. The van der Waals surface area contributed by atoms with Crippen molar-refractivity contribution in [3.63, 3.8) is 0 Å². The lowest BCUT2D eigenvalue weighted by atomic mass is 10.2. The summed E-state index contributed by atoms with van der Waals surface area (Å²) in [6, 6.07) is 10.0. The monoisotopic (exact) mass is 462 g/mol. The molecular formula is C24H34N2O7. The molecule has 1 aromatic rings. The molecule has 0 aromatic heterocycles. The van der Waals surface area contributed by atoms with Crippen LogP contribution in [0.3, 0.4) is 0 Å². The summed E-state index contributed by atoms with van der Waals surface area (Å²) >= 11 is 0. The van der Waals surface area contributed by atoms with E-state index in [9.17, 15) is 19.2 Å². The van der Waals surface area contributed by atoms with Crippen molar-refractivity contribution in [2.45, 2.75) is 19.8 Å². The summed E-state index contributed by atoms with van der Waals surface area (Å²) < 4.78 is 0. The number of carboxylic acids is 2. The lowest BCUT2D eigenvalue weighted by Gasteiger charge is -1.89. The Kier molecular flexibility index (Phi) is 30.4. The molecule has 0 aliphatic rings. The maximum Gasteiger partial charge on any atom is 0.330 e. The zero-order valence-electron chi connectivity index (χ0n) is 18.9. The summed E-state index contributed by atoms with van der Waals surface area (Å²) in [5.74, 6) is -2.72. The van der Waals surface area contributed by atoms with Crippen LogP contribution in [0, 0.1) is 0 Å². The van der Waals surface area contributed by atoms with Crippen LogP contribution in [0.15, 0.2) is 86.5 Å². The molecule has 182 valence electrons. The summed E-state index contributed by atoms with van der Waals surface area (Å²) in [6.07, 6.45) is 7.25. The van der Waals surface area contributed by atoms with Crippen LogP contribution in [-0.4, -0.2) is 45.7 Å². The second kappa shape index (κ2) is 27.8. The van der Waals surface area contributed by atoms with Gasteiger partial charge in [-0.15, -0.1) is 6.58 Å². The number of nitrogens with two attached hydrogens (primary N) is 2. The number of primary amides is 2. The topological polar surface area (TPSA) is 181 Å². The van der Waals surface area contributed by atoms with Crippen LogP contribution in [0.1, 0.15) is 25.3 Å². The Hall–Kier alpha value is -4.24. The van der Waals surface area contributed by atoms with Gasteiger partial charge in [0.1, 0.15) is 0 Å². The van der Waals surface area contributed by atoms with Gasteiger partial charge in [-0.25, -0.2) is 4.79 Å². The second-order valence-corrected chi connectivity index (χ2v) is 5.42. The number of aliphatic hydroxyl groups is 1. The van der Waals surface area contributed by atoms with E-state index in [1.807, 2.05) is 36.4 Å². The van der Waals surface area contributed by atoms with Gasteiger partial charge in [-0.3, -0.25) is 14.4 Å². The van der Waals surface area contributed by atoms with E-state index < -0.39 is 23.8 Å². The molecule has 7 N–H and O–H groups in total. The number of benzene rings is 1. The predicted molar refractivity (Wildman–Crippen MR) is 131 cm³/mol. The Morgan fingerprint density at radius 3 is 1.52 bits per heavy atom. The number of hydrogen-bond donors (Lipinski definition) is 5. The average molecular weight is 463 g/mol. The quantitative estimate of drug-likeness (QED) is 0.291. The molecule has 9 nitrogen and oxygen atoms in total. The molecule has 0 bridgehead atoms.